The summed E-state index contributed by atoms with van der Waals surface area (Å²) in [6.07, 6.45) is -0.195. The van der Waals surface area contributed by atoms with E-state index in [9.17, 15) is 8.78 Å². The van der Waals surface area contributed by atoms with Gasteiger partial charge in [0.2, 0.25) is 5.95 Å². The fourth-order valence-corrected chi connectivity index (χ4v) is 1.95. The Morgan fingerprint density at radius 1 is 1.38 bits per heavy atom. The molecule has 8 heteroatoms. The Kier molecular flexibility index (Phi) is 4.79. The van der Waals surface area contributed by atoms with Gasteiger partial charge in [-0.3, -0.25) is 4.68 Å². The Hall–Kier alpha value is -2.09. The zero-order valence-electron chi connectivity index (χ0n) is 12.0. The molecule has 0 saturated heterocycles. The quantitative estimate of drug-likeness (QED) is 0.795. The minimum atomic E-state index is -2.65. The number of aryl methyl sites for hydroxylation is 2. The minimum Gasteiger partial charge on any atom is -0.354 e. The summed E-state index contributed by atoms with van der Waals surface area (Å²) < 4.78 is 27.6. The number of hydrogen-bond donors (Lipinski definition) is 2. The molecule has 0 spiro atoms. The summed E-state index contributed by atoms with van der Waals surface area (Å²) in [4.78, 5) is 8.11. The zero-order chi connectivity index (χ0) is 15.4. The van der Waals surface area contributed by atoms with Gasteiger partial charge in [-0.2, -0.15) is 5.10 Å². The maximum Gasteiger partial charge on any atom is 0.280 e. The molecule has 2 aromatic rings. The summed E-state index contributed by atoms with van der Waals surface area (Å²) in [6, 6.07) is 1.29. The lowest BCUT2D eigenvalue weighted by Crippen LogP contribution is -2.11. The fourth-order valence-electron chi connectivity index (χ4n) is 1.95. The van der Waals surface area contributed by atoms with Crippen LogP contribution < -0.4 is 11.1 Å². The molecule has 0 aromatic carbocycles. The zero-order valence-corrected chi connectivity index (χ0v) is 12.0. The lowest BCUT2D eigenvalue weighted by Gasteiger charge is -2.08. The first-order valence-electron chi connectivity index (χ1n) is 6.63. The maximum atomic E-state index is 13.0. The van der Waals surface area contributed by atoms with Crippen molar-refractivity contribution in [2.24, 2.45) is 12.8 Å². The molecule has 0 radical (unpaired) electrons. The molecule has 0 saturated carbocycles. The van der Waals surface area contributed by atoms with E-state index in [0.29, 0.717) is 30.8 Å². The lowest BCUT2D eigenvalue weighted by atomic mass is 10.1. The molecule has 0 atom stereocenters. The van der Waals surface area contributed by atoms with Crippen LogP contribution in [0.3, 0.4) is 0 Å². The predicted molar refractivity (Wildman–Crippen MR) is 76.1 cm³/mol. The monoisotopic (exact) mass is 296 g/mol. The van der Waals surface area contributed by atoms with Gasteiger partial charge in [0.05, 0.1) is 11.4 Å². The van der Waals surface area contributed by atoms with E-state index in [1.165, 1.54) is 6.07 Å². The van der Waals surface area contributed by atoms with Crippen LogP contribution in [0, 0.1) is 6.92 Å². The predicted octanol–water partition coefficient (Wildman–Crippen LogP) is 1.88. The number of nitrogens with one attached hydrogen (secondary N) is 1. The van der Waals surface area contributed by atoms with Crippen LogP contribution in [0.15, 0.2) is 12.3 Å². The highest BCUT2D eigenvalue weighted by atomic mass is 19.3. The first-order chi connectivity index (χ1) is 10.0. The number of nitrogens with zero attached hydrogens (tertiary/aromatic N) is 4. The van der Waals surface area contributed by atoms with Crippen molar-refractivity contribution in [1.82, 2.24) is 19.7 Å². The van der Waals surface area contributed by atoms with Gasteiger partial charge in [-0.05, 0) is 26.0 Å². The van der Waals surface area contributed by atoms with Crippen LogP contribution in [-0.2, 0) is 7.05 Å². The second kappa shape index (κ2) is 6.57. The Balaban J connectivity index is 2.37. The van der Waals surface area contributed by atoms with Crippen LogP contribution in [0.1, 0.15) is 24.2 Å². The highest BCUT2D eigenvalue weighted by Gasteiger charge is 2.16. The number of alkyl halides is 2. The van der Waals surface area contributed by atoms with Gasteiger partial charge in [0.1, 0.15) is 5.69 Å². The van der Waals surface area contributed by atoms with Crippen molar-refractivity contribution >= 4 is 5.95 Å². The number of nitrogens with two attached hydrogens (primary N) is 1. The smallest absolute Gasteiger partial charge is 0.280 e. The third-order valence-electron chi connectivity index (χ3n) is 2.92. The molecule has 3 N–H and O–H groups in total. The summed E-state index contributed by atoms with van der Waals surface area (Å²) in [7, 11) is 1.77. The summed E-state index contributed by atoms with van der Waals surface area (Å²) in [5.41, 5.74) is 6.97. The van der Waals surface area contributed by atoms with E-state index >= 15 is 0 Å². The molecular formula is C13H18F2N6. The normalized spacial score (nSPS) is 11.1. The molecule has 0 aliphatic rings. The van der Waals surface area contributed by atoms with E-state index in [0.717, 1.165) is 5.69 Å². The third-order valence-corrected chi connectivity index (χ3v) is 2.92. The number of anilines is 1. The average Bonchev–Trinajstić information content (AvgIpc) is 2.77. The van der Waals surface area contributed by atoms with E-state index in [1.54, 1.807) is 24.9 Å². The number of halogens is 2. The average molecular weight is 296 g/mol. The fraction of sp³-hybridized carbons (Fsp3) is 0.462. The molecule has 0 amide bonds. The van der Waals surface area contributed by atoms with E-state index in [1.807, 2.05) is 0 Å². The topological polar surface area (TPSA) is 81.7 Å². The largest absolute Gasteiger partial charge is 0.354 e. The van der Waals surface area contributed by atoms with E-state index < -0.39 is 6.43 Å². The van der Waals surface area contributed by atoms with Gasteiger partial charge in [0, 0.05) is 25.4 Å². The Morgan fingerprint density at radius 2 is 2.14 bits per heavy atom. The van der Waals surface area contributed by atoms with E-state index in [4.69, 9.17) is 5.73 Å². The summed E-state index contributed by atoms with van der Waals surface area (Å²) >= 11 is 0. The van der Waals surface area contributed by atoms with Gasteiger partial charge in [0.15, 0.2) is 0 Å². The van der Waals surface area contributed by atoms with Crippen LogP contribution in [0.5, 0.6) is 0 Å². The highest BCUT2D eigenvalue weighted by Crippen LogP contribution is 2.26. The summed E-state index contributed by atoms with van der Waals surface area (Å²) in [5.74, 6) is 0.180. The van der Waals surface area contributed by atoms with Crippen LogP contribution in [0.2, 0.25) is 0 Å². The molecule has 2 aromatic heterocycles. The maximum absolute atomic E-state index is 13.0. The van der Waals surface area contributed by atoms with Gasteiger partial charge >= 0.3 is 0 Å². The molecule has 0 bridgehead atoms. The van der Waals surface area contributed by atoms with Gasteiger partial charge < -0.3 is 11.1 Å². The highest BCUT2D eigenvalue weighted by molar-refractivity contribution is 5.62. The standard InChI is InChI=1S/C13H18F2N6/c1-8-9(7-21(2)20-8)10-6-11(12(14)15)19-13(18-10)17-5-3-4-16/h6-7,12H,3-5,16H2,1-2H3,(H,17,18,19). The second-order valence-corrected chi connectivity index (χ2v) is 4.67. The van der Waals surface area contributed by atoms with Gasteiger partial charge in [-0.25, -0.2) is 18.7 Å². The van der Waals surface area contributed by atoms with Gasteiger partial charge in [-0.1, -0.05) is 0 Å². The molecule has 6 nitrogen and oxygen atoms in total. The van der Waals surface area contributed by atoms with E-state index in [-0.39, 0.29) is 11.6 Å². The first kappa shape index (κ1) is 15.3. The Labute approximate surface area is 121 Å². The molecule has 2 heterocycles. The van der Waals surface area contributed by atoms with Crippen molar-refractivity contribution in [2.75, 3.05) is 18.4 Å². The first-order valence-corrected chi connectivity index (χ1v) is 6.63. The Morgan fingerprint density at radius 3 is 2.71 bits per heavy atom. The van der Waals surface area contributed by atoms with E-state index in [2.05, 4.69) is 20.4 Å². The van der Waals surface area contributed by atoms with Gasteiger partial charge in [-0.15, -0.1) is 0 Å². The second-order valence-electron chi connectivity index (χ2n) is 4.67. The number of aromatic nitrogens is 4. The van der Waals surface area contributed by atoms with Crippen molar-refractivity contribution < 1.29 is 8.78 Å². The molecule has 0 aliphatic carbocycles. The number of hydrogen-bond acceptors (Lipinski definition) is 5. The molecule has 2 rings (SSSR count). The van der Waals surface area contributed by atoms with Crippen LogP contribution in [-0.4, -0.2) is 32.8 Å². The SMILES string of the molecule is Cc1nn(C)cc1-c1cc(C(F)F)nc(NCCCN)n1. The van der Waals surface area contributed by atoms with Crippen molar-refractivity contribution in [3.63, 3.8) is 0 Å². The Bertz CT molecular complexity index is 611. The molecule has 21 heavy (non-hydrogen) atoms. The molecule has 0 fully saturated rings. The summed E-state index contributed by atoms with van der Waals surface area (Å²) in [5, 5.41) is 7.11. The van der Waals surface area contributed by atoms with Crippen LogP contribution >= 0.6 is 0 Å². The number of rotatable bonds is 6. The van der Waals surface area contributed by atoms with Gasteiger partial charge in [0.25, 0.3) is 6.43 Å². The van der Waals surface area contributed by atoms with Crippen LogP contribution in [0.25, 0.3) is 11.3 Å². The van der Waals surface area contributed by atoms with Crippen molar-refractivity contribution in [1.29, 1.82) is 0 Å². The third kappa shape index (κ3) is 3.72. The van der Waals surface area contributed by atoms with Crippen molar-refractivity contribution in [3.05, 3.63) is 23.7 Å². The molecule has 114 valence electrons. The lowest BCUT2D eigenvalue weighted by molar-refractivity contribution is 0.146. The molecule has 0 aliphatic heterocycles. The summed E-state index contributed by atoms with van der Waals surface area (Å²) in [6.45, 7) is 2.85. The molecule has 0 unspecified atom stereocenters. The minimum absolute atomic E-state index is 0.180. The van der Waals surface area contributed by atoms with Crippen LogP contribution in [0.4, 0.5) is 14.7 Å². The van der Waals surface area contributed by atoms with Crippen molar-refractivity contribution in [2.45, 2.75) is 19.8 Å². The molecular weight excluding hydrogens is 278 g/mol. The van der Waals surface area contributed by atoms with Crippen molar-refractivity contribution in [3.8, 4) is 11.3 Å².